The third-order valence-electron chi connectivity index (χ3n) is 1.80. The monoisotopic (exact) mass is 211 g/mol. The molecule has 0 saturated carbocycles. The molecule has 0 aromatic carbocycles. The summed E-state index contributed by atoms with van der Waals surface area (Å²) in [6, 6.07) is 0. The summed E-state index contributed by atoms with van der Waals surface area (Å²) >= 11 is 0. The lowest BCUT2D eigenvalue weighted by atomic mass is 9.93. The summed E-state index contributed by atoms with van der Waals surface area (Å²) in [5.41, 5.74) is 8.34. The zero-order chi connectivity index (χ0) is 12.1. The number of nitrogens with one attached hydrogen (secondary N) is 1. The van der Waals surface area contributed by atoms with Crippen LogP contribution in [0.15, 0.2) is 0 Å². The van der Waals surface area contributed by atoms with Gasteiger partial charge < -0.3 is 16.8 Å². The van der Waals surface area contributed by atoms with E-state index in [0.29, 0.717) is 0 Å². The molecule has 0 radical (unpaired) electrons. The number of rotatable bonds is 5. The number of primary amides is 2. The lowest BCUT2D eigenvalue weighted by molar-refractivity contribution is -0.129. The first-order valence-electron chi connectivity index (χ1n) is 4.19. The highest BCUT2D eigenvalue weighted by Gasteiger charge is 2.35. The molecule has 15 heavy (non-hydrogen) atoms. The highest BCUT2D eigenvalue weighted by molar-refractivity contribution is 5.93. The number of hydrogen-bond acceptors (Lipinski definition) is 3. The van der Waals surface area contributed by atoms with Gasteiger partial charge in [-0.1, -0.05) is 5.92 Å². The molecule has 0 bridgehead atoms. The van der Waals surface area contributed by atoms with Crippen LogP contribution >= 0.6 is 0 Å². The SMILES string of the molecule is C#CC(CCC(N)=O)(NC(C)=O)C(N)=O. The van der Waals surface area contributed by atoms with E-state index in [2.05, 4.69) is 11.2 Å². The summed E-state index contributed by atoms with van der Waals surface area (Å²) in [4.78, 5) is 32.5. The summed E-state index contributed by atoms with van der Waals surface area (Å²) in [7, 11) is 0. The van der Waals surface area contributed by atoms with Crippen molar-refractivity contribution in [2.45, 2.75) is 25.3 Å². The summed E-state index contributed by atoms with van der Waals surface area (Å²) < 4.78 is 0. The second-order valence-electron chi connectivity index (χ2n) is 3.06. The van der Waals surface area contributed by atoms with Crippen molar-refractivity contribution in [3.05, 3.63) is 0 Å². The zero-order valence-corrected chi connectivity index (χ0v) is 8.37. The molecule has 0 spiro atoms. The molecule has 5 N–H and O–H groups in total. The maximum absolute atomic E-state index is 11.1. The van der Waals surface area contributed by atoms with Crippen molar-refractivity contribution in [2.24, 2.45) is 11.5 Å². The molecule has 0 aromatic rings. The Hall–Kier alpha value is -2.03. The van der Waals surface area contributed by atoms with Crippen LogP contribution in [0.1, 0.15) is 19.8 Å². The standard InChI is InChI=1S/C9H13N3O3/c1-3-9(8(11)15,12-6(2)13)5-4-7(10)14/h1H,4-5H2,2H3,(H2,10,14)(H2,11,15)(H,12,13). The number of nitrogens with two attached hydrogens (primary N) is 2. The van der Waals surface area contributed by atoms with Gasteiger partial charge in [0.05, 0.1) is 0 Å². The van der Waals surface area contributed by atoms with Gasteiger partial charge in [-0.15, -0.1) is 6.42 Å². The molecule has 6 heteroatoms. The first-order valence-corrected chi connectivity index (χ1v) is 4.19. The molecule has 3 amide bonds. The van der Waals surface area contributed by atoms with Crippen molar-refractivity contribution < 1.29 is 14.4 Å². The van der Waals surface area contributed by atoms with Crippen molar-refractivity contribution >= 4 is 17.7 Å². The molecule has 82 valence electrons. The van der Waals surface area contributed by atoms with Crippen LogP contribution in [0.3, 0.4) is 0 Å². The predicted molar refractivity (Wildman–Crippen MR) is 53.0 cm³/mol. The van der Waals surface area contributed by atoms with Gasteiger partial charge in [0.2, 0.25) is 11.8 Å². The molecule has 0 aliphatic carbocycles. The van der Waals surface area contributed by atoms with Crippen molar-refractivity contribution in [3.8, 4) is 12.3 Å². The van der Waals surface area contributed by atoms with Gasteiger partial charge in [0, 0.05) is 13.3 Å². The maximum atomic E-state index is 11.1. The normalized spacial score (nSPS) is 13.3. The molecule has 0 aliphatic heterocycles. The number of carbonyl (C=O) groups excluding carboxylic acids is 3. The fourth-order valence-corrected chi connectivity index (χ4v) is 1.04. The lowest BCUT2D eigenvalue weighted by Crippen LogP contribution is -2.56. The van der Waals surface area contributed by atoms with E-state index in [0.717, 1.165) is 0 Å². The molecule has 1 unspecified atom stereocenters. The van der Waals surface area contributed by atoms with Gasteiger partial charge in [0.15, 0.2) is 5.54 Å². The van der Waals surface area contributed by atoms with Gasteiger partial charge in [0.1, 0.15) is 0 Å². The van der Waals surface area contributed by atoms with Crippen molar-refractivity contribution in [1.29, 1.82) is 0 Å². The highest BCUT2D eigenvalue weighted by Crippen LogP contribution is 2.11. The number of hydrogen-bond donors (Lipinski definition) is 3. The van der Waals surface area contributed by atoms with Crippen LogP contribution < -0.4 is 16.8 Å². The molecule has 6 nitrogen and oxygen atoms in total. The van der Waals surface area contributed by atoms with Crippen LogP contribution in [0, 0.1) is 12.3 Å². The van der Waals surface area contributed by atoms with Gasteiger partial charge in [-0.25, -0.2) is 0 Å². The van der Waals surface area contributed by atoms with Gasteiger partial charge in [-0.05, 0) is 6.42 Å². The smallest absolute Gasteiger partial charge is 0.255 e. The minimum atomic E-state index is -1.64. The molecular formula is C9H13N3O3. The second kappa shape index (κ2) is 5.00. The fraction of sp³-hybridized carbons (Fsp3) is 0.444. The summed E-state index contributed by atoms with van der Waals surface area (Å²) in [6.45, 7) is 1.19. The van der Waals surface area contributed by atoms with Crippen molar-refractivity contribution in [3.63, 3.8) is 0 Å². The second-order valence-corrected chi connectivity index (χ2v) is 3.06. The molecule has 0 saturated heterocycles. The quantitative estimate of drug-likeness (QED) is 0.468. The van der Waals surface area contributed by atoms with Crippen LogP contribution in [-0.4, -0.2) is 23.3 Å². The molecular weight excluding hydrogens is 198 g/mol. The van der Waals surface area contributed by atoms with E-state index in [4.69, 9.17) is 17.9 Å². The number of terminal acetylenes is 1. The van der Waals surface area contributed by atoms with E-state index >= 15 is 0 Å². The minimum absolute atomic E-state index is 0.103. The Morgan fingerprint density at radius 2 is 1.93 bits per heavy atom. The molecule has 0 aromatic heterocycles. The van der Waals surface area contributed by atoms with Gasteiger partial charge in [0.25, 0.3) is 5.91 Å². The Bertz CT molecular complexity index is 332. The Labute approximate surface area is 87.4 Å². The predicted octanol–water partition coefficient (Wildman–Crippen LogP) is -1.75. The van der Waals surface area contributed by atoms with E-state index in [-0.39, 0.29) is 12.8 Å². The van der Waals surface area contributed by atoms with Crippen molar-refractivity contribution in [1.82, 2.24) is 5.32 Å². The third-order valence-corrected chi connectivity index (χ3v) is 1.80. The van der Waals surface area contributed by atoms with E-state index in [1.807, 2.05) is 0 Å². The Morgan fingerprint density at radius 3 is 2.20 bits per heavy atom. The molecule has 1 atom stereocenters. The summed E-state index contributed by atoms with van der Waals surface area (Å²) in [6.07, 6.45) is 4.89. The topological polar surface area (TPSA) is 115 Å². The van der Waals surface area contributed by atoms with Crippen LogP contribution in [0.4, 0.5) is 0 Å². The summed E-state index contributed by atoms with van der Waals surface area (Å²) in [5.74, 6) is 0.0725. The average Bonchev–Trinajstić information content (AvgIpc) is 2.11. The lowest BCUT2D eigenvalue weighted by Gasteiger charge is -2.24. The van der Waals surface area contributed by atoms with E-state index in [1.165, 1.54) is 6.92 Å². The van der Waals surface area contributed by atoms with Crippen LogP contribution in [0.2, 0.25) is 0 Å². The Kier molecular flexibility index (Phi) is 4.33. The fourth-order valence-electron chi connectivity index (χ4n) is 1.04. The van der Waals surface area contributed by atoms with Crippen LogP contribution in [-0.2, 0) is 14.4 Å². The van der Waals surface area contributed by atoms with Gasteiger partial charge >= 0.3 is 0 Å². The van der Waals surface area contributed by atoms with Crippen LogP contribution in [0.25, 0.3) is 0 Å². The molecule has 0 rings (SSSR count). The van der Waals surface area contributed by atoms with E-state index < -0.39 is 23.3 Å². The van der Waals surface area contributed by atoms with E-state index in [9.17, 15) is 14.4 Å². The van der Waals surface area contributed by atoms with Gasteiger partial charge in [-0.3, -0.25) is 14.4 Å². The largest absolute Gasteiger partial charge is 0.370 e. The number of carbonyl (C=O) groups is 3. The first-order chi connectivity index (χ1) is 6.84. The molecule has 0 heterocycles. The molecule has 0 aliphatic rings. The number of amides is 3. The zero-order valence-electron chi connectivity index (χ0n) is 8.37. The Balaban J connectivity index is 4.83. The molecule has 0 fully saturated rings. The van der Waals surface area contributed by atoms with Crippen LogP contribution in [0.5, 0.6) is 0 Å². The average molecular weight is 211 g/mol. The summed E-state index contributed by atoms with van der Waals surface area (Å²) in [5, 5.41) is 2.24. The Morgan fingerprint density at radius 1 is 1.40 bits per heavy atom. The first kappa shape index (κ1) is 13.0. The van der Waals surface area contributed by atoms with Crippen molar-refractivity contribution in [2.75, 3.05) is 0 Å². The highest BCUT2D eigenvalue weighted by atomic mass is 16.2. The van der Waals surface area contributed by atoms with Gasteiger partial charge in [-0.2, -0.15) is 0 Å². The van der Waals surface area contributed by atoms with E-state index in [1.54, 1.807) is 0 Å². The maximum Gasteiger partial charge on any atom is 0.255 e. The minimum Gasteiger partial charge on any atom is -0.370 e. The third kappa shape index (κ3) is 3.68.